The molecule has 0 aromatic heterocycles. The van der Waals surface area contributed by atoms with Crippen molar-refractivity contribution in [3.63, 3.8) is 0 Å². The van der Waals surface area contributed by atoms with E-state index in [-0.39, 0.29) is 11.7 Å². The molecule has 2 aromatic carbocycles. The minimum atomic E-state index is -0.124. The van der Waals surface area contributed by atoms with Crippen LogP contribution in [0.2, 0.25) is 0 Å². The molecule has 0 bridgehead atoms. The number of rotatable bonds is 3. The molecule has 0 unspecified atom stereocenters. The van der Waals surface area contributed by atoms with Crippen LogP contribution in [0.3, 0.4) is 0 Å². The Kier molecular flexibility index (Phi) is 4.42. The molecule has 2 N–H and O–H groups in total. The summed E-state index contributed by atoms with van der Waals surface area (Å²) in [6.45, 7) is 0. The normalized spacial score (nSPS) is 15.5. The summed E-state index contributed by atoms with van der Waals surface area (Å²) in [6, 6.07) is 14.5. The van der Waals surface area contributed by atoms with Gasteiger partial charge in [0.05, 0.1) is 0 Å². The highest BCUT2D eigenvalue weighted by molar-refractivity contribution is 6.04. The first-order valence-corrected chi connectivity index (χ1v) is 7.93. The van der Waals surface area contributed by atoms with E-state index in [1.54, 1.807) is 24.3 Å². The second kappa shape index (κ2) is 6.65. The molecule has 1 aliphatic rings. The monoisotopic (exact) mass is 295 g/mol. The van der Waals surface area contributed by atoms with Gasteiger partial charge >= 0.3 is 0 Å². The van der Waals surface area contributed by atoms with Crippen molar-refractivity contribution in [1.29, 1.82) is 0 Å². The Morgan fingerprint density at radius 1 is 0.909 bits per heavy atom. The highest BCUT2D eigenvalue weighted by atomic mass is 16.3. The number of aromatic hydroxyl groups is 1. The SMILES string of the molecule is O=C(Nc1ccc(O)cc1)c1ccc(C2CCCCC2)cc1. The number of carbonyl (C=O) groups excluding carboxylic acids is 1. The molecule has 0 aliphatic heterocycles. The molecule has 0 radical (unpaired) electrons. The average Bonchev–Trinajstić information content (AvgIpc) is 2.58. The Hall–Kier alpha value is -2.29. The van der Waals surface area contributed by atoms with Gasteiger partial charge in [-0.2, -0.15) is 0 Å². The van der Waals surface area contributed by atoms with Crippen molar-refractivity contribution in [3.05, 3.63) is 59.7 Å². The minimum Gasteiger partial charge on any atom is -0.508 e. The summed E-state index contributed by atoms with van der Waals surface area (Å²) in [5, 5.41) is 12.1. The van der Waals surface area contributed by atoms with Crippen molar-refractivity contribution in [2.75, 3.05) is 5.32 Å². The Morgan fingerprint density at radius 2 is 1.55 bits per heavy atom. The number of carbonyl (C=O) groups is 1. The van der Waals surface area contributed by atoms with Gasteiger partial charge in [0.25, 0.3) is 5.91 Å². The van der Waals surface area contributed by atoms with Crippen LogP contribution in [0.25, 0.3) is 0 Å². The maximum absolute atomic E-state index is 12.2. The second-order valence-electron chi connectivity index (χ2n) is 5.96. The van der Waals surface area contributed by atoms with Crippen LogP contribution in [0.4, 0.5) is 5.69 Å². The van der Waals surface area contributed by atoms with Gasteiger partial charge in [-0.3, -0.25) is 4.79 Å². The number of nitrogens with one attached hydrogen (secondary N) is 1. The number of phenols is 1. The van der Waals surface area contributed by atoms with Crippen molar-refractivity contribution in [2.45, 2.75) is 38.0 Å². The zero-order chi connectivity index (χ0) is 15.4. The van der Waals surface area contributed by atoms with Crippen LogP contribution >= 0.6 is 0 Å². The molecular formula is C19H21NO2. The first kappa shape index (κ1) is 14.6. The van der Waals surface area contributed by atoms with Gasteiger partial charge in [-0.15, -0.1) is 0 Å². The molecule has 0 saturated heterocycles. The molecule has 0 heterocycles. The predicted molar refractivity (Wildman–Crippen MR) is 88.3 cm³/mol. The highest BCUT2D eigenvalue weighted by Crippen LogP contribution is 2.32. The van der Waals surface area contributed by atoms with Crippen molar-refractivity contribution in [2.24, 2.45) is 0 Å². The fourth-order valence-electron chi connectivity index (χ4n) is 3.09. The van der Waals surface area contributed by atoms with E-state index in [2.05, 4.69) is 17.4 Å². The lowest BCUT2D eigenvalue weighted by atomic mass is 9.84. The molecule has 114 valence electrons. The molecule has 3 rings (SSSR count). The molecule has 2 aromatic rings. The molecule has 0 atom stereocenters. The first-order chi connectivity index (χ1) is 10.7. The lowest BCUT2D eigenvalue weighted by Gasteiger charge is -2.22. The van der Waals surface area contributed by atoms with Gasteiger partial charge in [0.2, 0.25) is 0 Å². The predicted octanol–water partition coefficient (Wildman–Crippen LogP) is 4.69. The average molecular weight is 295 g/mol. The zero-order valence-electron chi connectivity index (χ0n) is 12.6. The fourth-order valence-corrected chi connectivity index (χ4v) is 3.09. The third kappa shape index (κ3) is 3.48. The maximum atomic E-state index is 12.2. The number of anilines is 1. The van der Waals surface area contributed by atoms with Crippen LogP contribution in [0.15, 0.2) is 48.5 Å². The van der Waals surface area contributed by atoms with Gasteiger partial charge in [-0.1, -0.05) is 31.4 Å². The second-order valence-corrected chi connectivity index (χ2v) is 5.96. The van der Waals surface area contributed by atoms with Gasteiger partial charge in [0.15, 0.2) is 0 Å². The van der Waals surface area contributed by atoms with E-state index in [1.165, 1.54) is 37.7 Å². The van der Waals surface area contributed by atoms with Gasteiger partial charge < -0.3 is 10.4 Å². The summed E-state index contributed by atoms with van der Waals surface area (Å²) >= 11 is 0. The molecule has 1 amide bonds. The number of hydrogen-bond acceptors (Lipinski definition) is 2. The van der Waals surface area contributed by atoms with Crippen LogP contribution < -0.4 is 5.32 Å². The summed E-state index contributed by atoms with van der Waals surface area (Å²) in [7, 11) is 0. The number of amides is 1. The van der Waals surface area contributed by atoms with Crippen LogP contribution in [0, 0.1) is 0 Å². The number of hydrogen-bond donors (Lipinski definition) is 2. The van der Waals surface area contributed by atoms with E-state index in [4.69, 9.17) is 0 Å². The Balaban J connectivity index is 1.66. The van der Waals surface area contributed by atoms with Crippen LogP contribution in [-0.4, -0.2) is 11.0 Å². The highest BCUT2D eigenvalue weighted by Gasteiger charge is 2.15. The molecule has 3 heteroatoms. The van der Waals surface area contributed by atoms with Gasteiger partial charge in [-0.05, 0) is 60.7 Å². The van der Waals surface area contributed by atoms with E-state index >= 15 is 0 Å². The number of phenolic OH excluding ortho intramolecular Hbond substituents is 1. The Morgan fingerprint density at radius 3 is 2.18 bits per heavy atom. The summed E-state index contributed by atoms with van der Waals surface area (Å²) < 4.78 is 0. The molecule has 1 saturated carbocycles. The first-order valence-electron chi connectivity index (χ1n) is 7.93. The smallest absolute Gasteiger partial charge is 0.255 e. The van der Waals surface area contributed by atoms with Crippen LogP contribution in [0.1, 0.15) is 53.9 Å². The van der Waals surface area contributed by atoms with E-state index in [1.807, 2.05) is 12.1 Å². The summed E-state index contributed by atoms with van der Waals surface area (Å²) in [6.07, 6.45) is 6.50. The third-order valence-electron chi connectivity index (χ3n) is 4.37. The Bertz CT molecular complexity index is 625. The quantitative estimate of drug-likeness (QED) is 0.807. The summed E-state index contributed by atoms with van der Waals surface area (Å²) in [5.41, 5.74) is 2.69. The molecule has 0 spiro atoms. The minimum absolute atomic E-state index is 0.124. The molecule has 3 nitrogen and oxygen atoms in total. The lowest BCUT2D eigenvalue weighted by Crippen LogP contribution is -2.12. The standard InChI is InChI=1S/C19H21NO2/c21-18-12-10-17(11-13-18)20-19(22)16-8-6-15(7-9-16)14-4-2-1-3-5-14/h6-14,21H,1-5H2,(H,20,22). The van der Waals surface area contributed by atoms with Gasteiger partial charge in [0, 0.05) is 11.3 Å². The third-order valence-corrected chi connectivity index (χ3v) is 4.37. The van der Waals surface area contributed by atoms with Crippen molar-refractivity contribution in [1.82, 2.24) is 0 Å². The van der Waals surface area contributed by atoms with Crippen molar-refractivity contribution in [3.8, 4) is 5.75 Å². The van der Waals surface area contributed by atoms with Gasteiger partial charge in [-0.25, -0.2) is 0 Å². The fraction of sp³-hybridized carbons (Fsp3) is 0.316. The summed E-state index contributed by atoms with van der Waals surface area (Å²) in [5.74, 6) is 0.721. The zero-order valence-corrected chi connectivity index (χ0v) is 12.6. The van der Waals surface area contributed by atoms with E-state index in [0.717, 1.165) is 0 Å². The van der Waals surface area contributed by atoms with E-state index in [0.29, 0.717) is 17.2 Å². The largest absolute Gasteiger partial charge is 0.508 e. The maximum Gasteiger partial charge on any atom is 0.255 e. The molecule has 1 aliphatic carbocycles. The van der Waals surface area contributed by atoms with Crippen LogP contribution in [-0.2, 0) is 0 Å². The van der Waals surface area contributed by atoms with Gasteiger partial charge in [0.1, 0.15) is 5.75 Å². The van der Waals surface area contributed by atoms with E-state index < -0.39 is 0 Å². The van der Waals surface area contributed by atoms with Crippen LogP contribution in [0.5, 0.6) is 5.75 Å². The topological polar surface area (TPSA) is 49.3 Å². The van der Waals surface area contributed by atoms with E-state index in [9.17, 15) is 9.90 Å². The molecular weight excluding hydrogens is 274 g/mol. The van der Waals surface area contributed by atoms with Crippen molar-refractivity contribution < 1.29 is 9.90 Å². The number of benzene rings is 2. The lowest BCUT2D eigenvalue weighted by molar-refractivity contribution is 0.102. The molecule has 1 fully saturated rings. The molecule has 22 heavy (non-hydrogen) atoms. The Labute approximate surface area is 131 Å². The van der Waals surface area contributed by atoms with Crippen molar-refractivity contribution >= 4 is 11.6 Å². The summed E-state index contributed by atoms with van der Waals surface area (Å²) in [4.78, 5) is 12.2.